The highest BCUT2D eigenvalue weighted by Gasteiger charge is 2.70. The molecule has 2 saturated carbocycles. The van der Waals surface area contributed by atoms with E-state index in [1.807, 2.05) is 40.7 Å². The number of nitrogens with two attached hydrogens (primary N) is 1. The van der Waals surface area contributed by atoms with Gasteiger partial charge in [-0.2, -0.15) is 0 Å². The van der Waals surface area contributed by atoms with Crippen LogP contribution in [0.25, 0.3) is 0 Å². The number of Topliss-reactive ketones (excluding diaryl/α,β-unsaturated/α-hetero) is 1. The number of carbonyl (C=O) groups is 6. The minimum atomic E-state index is -1.10. The Kier molecular flexibility index (Phi) is 10.7. The maximum absolute atomic E-state index is 14.3. The Morgan fingerprint density at radius 3 is 2.15 bits per heavy atom. The number of hydrogen-bond donors (Lipinski definition) is 5. The van der Waals surface area contributed by atoms with Gasteiger partial charge in [-0.15, -0.1) is 0 Å². The second kappa shape index (κ2) is 14.0. The lowest BCUT2D eigenvalue weighted by atomic mass is 9.80. The summed E-state index contributed by atoms with van der Waals surface area (Å²) < 4.78 is 0. The highest BCUT2D eigenvalue weighted by molar-refractivity contribution is 6.37. The Balaban J connectivity index is 1.47. The van der Waals surface area contributed by atoms with Crippen LogP contribution in [0.1, 0.15) is 84.5 Å². The molecule has 1 heterocycles. The van der Waals surface area contributed by atoms with E-state index in [0.717, 1.165) is 19.3 Å². The Morgan fingerprint density at radius 2 is 1.62 bits per heavy atom. The number of piperidine rings is 1. The topological polar surface area (TPSA) is 180 Å². The summed E-state index contributed by atoms with van der Waals surface area (Å²) in [7, 11) is 0. The Labute approximate surface area is 277 Å². The van der Waals surface area contributed by atoms with Crippen molar-refractivity contribution in [3.8, 4) is 0 Å². The highest BCUT2D eigenvalue weighted by atomic mass is 16.2. The summed E-state index contributed by atoms with van der Waals surface area (Å²) in [4.78, 5) is 80.3. The molecule has 4 rings (SSSR count). The lowest BCUT2D eigenvalue weighted by Crippen LogP contribution is -2.62. The van der Waals surface area contributed by atoms with Crippen molar-refractivity contribution in [2.75, 3.05) is 13.1 Å². The van der Waals surface area contributed by atoms with Crippen LogP contribution in [0.15, 0.2) is 30.3 Å². The smallest absolute Gasteiger partial charge is 0.315 e. The zero-order valence-corrected chi connectivity index (χ0v) is 28.7. The summed E-state index contributed by atoms with van der Waals surface area (Å²) in [6, 6.07) is 4.92. The second-order valence-corrected chi connectivity index (χ2v) is 15.6. The molecule has 1 unspecified atom stereocenters. The van der Waals surface area contributed by atoms with E-state index in [4.69, 9.17) is 5.73 Å². The number of amides is 6. The maximum atomic E-state index is 14.3. The van der Waals surface area contributed by atoms with Gasteiger partial charge < -0.3 is 31.9 Å². The van der Waals surface area contributed by atoms with Crippen LogP contribution in [-0.2, 0) is 19.2 Å². The summed E-state index contributed by atoms with van der Waals surface area (Å²) in [6.45, 7) is 14.0. The molecule has 1 saturated heterocycles. The van der Waals surface area contributed by atoms with E-state index in [0.29, 0.717) is 18.5 Å². The van der Waals surface area contributed by atoms with Crippen LogP contribution in [0.5, 0.6) is 0 Å². The largest absolute Gasteiger partial charge is 0.363 e. The van der Waals surface area contributed by atoms with Gasteiger partial charge in [0.25, 0.3) is 11.8 Å². The van der Waals surface area contributed by atoms with E-state index in [9.17, 15) is 28.8 Å². The number of nitrogens with one attached hydrogen (secondary N) is 4. The lowest BCUT2D eigenvalue weighted by molar-refractivity contribution is -0.145. The number of urea groups is 1. The van der Waals surface area contributed by atoms with Gasteiger partial charge in [-0.1, -0.05) is 85.9 Å². The van der Waals surface area contributed by atoms with Crippen LogP contribution < -0.4 is 27.0 Å². The Hall–Kier alpha value is -3.96. The molecule has 6 amide bonds. The normalized spacial score (nSPS) is 23.4. The molecule has 0 spiro atoms. The highest BCUT2D eigenvalue weighted by Crippen LogP contribution is 2.65. The first-order chi connectivity index (χ1) is 21.9. The molecule has 0 aromatic heterocycles. The summed E-state index contributed by atoms with van der Waals surface area (Å²) in [5.74, 6) is -2.93. The molecule has 12 heteroatoms. The SMILES string of the molecule is CC(C)[C@@H](CNC(=O)c1ccccc1)NC(=O)N[C@H](C(=O)N1C[C@H]2[C@@H]([C@H]1C(=O)NC(CC1CCC1)C(=O)C(N)=O)C2(C)C)C(C)(C)C. The lowest BCUT2D eigenvalue weighted by Gasteiger charge is -2.38. The van der Waals surface area contributed by atoms with Gasteiger partial charge in [-0.25, -0.2) is 4.79 Å². The molecule has 2 aliphatic carbocycles. The van der Waals surface area contributed by atoms with Crippen LogP contribution in [0.2, 0.25) is 0 Å². The van der Waals surface area contributed by atoms with Crippen LogP contribution in [0.3, 0.4) is 0 Å². The van der Waals surface area contributed by atoms with Gasteiger partial charge in [0, 0.05) is 18.7 Å². The van der Waals surface area contributed by atoms with E-state index in [-0.39, 0.29) is 41.5 Å². The molecular formula is C35H52N6O6. The zero-order valence-electron chi connectivity index (χ0n) is 28.7. The number of benzene rings is 1. The number of fused-ring (bicyclic) bond motifs is 1. The third kappa shape index (κ3) is 8.13. The molecule has 47 heavy (non-hydrogen) atoms. The van der Waals surface area contributed by atoms with Gasteiger partial charge in [0.15, 0.2) is 0 Å². The van der Waals surface area contributed by atoms with Crippen molar-refractivity contribution in [1.29, 1.82) is 0 Å². The van der Waals surface area contributed by atoms with Crippen molar-refractivity contribution in [3.63, 3.8) is 0 Å². The van der Waals surface area contributed by atoms with Crippen LogP contribution in [0, 0.1) is 34.5 Å². The average Bonchev–Trinajstić information content (AvgIpc) is 3.29. The predicted octanol–water partition coefficient (Wildman–Crippen LogP) is 2.37. The molecule has 12 nitrogen and oxygen atoms in total. The van der Waals surface area contributed by atoms with Crippen molar-refractivity contribution < 1.29 is 28.8 Å². The number of carbonyl (C=O) groups excluding carboxylic acids is 6. The van der Waals surface area contributed by atoms with E-state index >= 15 is 0 Å². The van der Waals surface area contributed by atoms with Crippen molar-refractivity contribution in [2.24, 2.45) is 40.2 Å². The molecule has 3 aliphatic rings. The van der Waals surface area contributed by atoms with Crippen molar-refractivity contribution in [2.45, 2.75) is 98.3 Å². The van der Waals surface area contributed by atoms with E-state index < -0.39 is 59.1 Å². The minimum absolute atomic E-state index is 0.0300. The van der Waals surface area contributed by atoms with Crippen LogP contribution in [-0.4, -0.2) is 77.6 Å². The van der Waals surface area contributed by atoms with Crippen LogP contribution in [0.4, 0.5) is 4.79 Å². The van der Waals surface area contributed by atoms with Gasteiger partial charge in [-0.05, 0) is 53.1 Å². The standard InChI is InChI=1S/C35H52N6O6/c1-19(2)24(17-37-30(44)21-14-9-8-10-15-21)39-33(47)40-28(34(3,4)5)32(46)41-18-22-25(35(22,6)7)26(41)31(45)38-23(27(42)29(36)43)16-20-12-11-13-20/h8-10,14-15,19-20,22-26,28H,11-13,16-18H2,1-7H3,(H2,36,43)(H,37,44)(H,38,45)(H2,39,40,47)/t22-,23?,24+,25-,26-,28+/m0/s1. The van der Waals surface area contributed by atoms with E-state index in [2.05, 4.69) is 35.1 Å². The third-order valence-corrected chi connectivity index (χ3v) is 10.5. The fraction of sp³-hybridized carbons (Fsp3) is 0.657. The van der Waals surface area contributed by atoms with Crippen molar-refractivity contribution in [1.82, 2.24) is 26.2 Å². The fourth-order valence-electron chi connectivity index (χ4n) is 7.04. The molecule has 0 bridgehead atoms. The molecule has 6 atom stereocenters. The number of rotatable bonds is 13. The molecule has 1 aromatic rings. The average molecular weight is 653 g/mol. The number of primary amides is 1. The summed E-state index contributed by atoms with van der Waals surface area (Å²) >= 11 is 0. The molecule has 1 aromatic carbocycles. The molecule has 258 valence electrons. The third-order valence-electron chi connectivity index (χ3n) is 10.5. The number of likely N-dealkylation sites (tertiary alicyclic amines) is 1. The number of nitrogens with zero attached hydrogens (tertiary/aromatic N) is 1. The van der Waals surface area contributed by atoms with Gasteiger partial charge in [0.05, 0.1) is 12.1 Å². The Bertz CT molecular complexity index is 1370. The predicted molar refractivity (Wildman–Crippen MR) is 177 cm³/mol. The van der Waals surface area contributed by atoms with Gasteiger partial charge in [-0.3, -0.25) is 24.0 Å². The molecular weight excluding hydrogens is 600 g/mol. The molecule has 6 N–H and O–H groups in total. The summed E-state index contributed by atoms with van der Waals surface area (Å²) in [5.41, 5.74) is 4.93. The first-order valence-corrected chi connectivity index (χ1v) is 16.8. The van der Waals surface area contributed by atoms with Gasteiger partial charge in [0.2, 0.25) is 17.6 Å². The van der Waals surface area contributed by atoms with Crippen LogP contribution >= 0.6 is 0 Å². The number of hydrogen-bond acceptors (Lipinski definition) is 6. The summed E-state index contributed by atoms with van der Waals surface area (Å²) in [6.07, 6.45) is 3.21. The molecule has 3 fully saturated rings. The van der Waals surface area contributed by atoms with E-state index in [1.54, 1.807) is 24.3 Å². The molecule has 1 aliphatic heterocycles. The van der Waals surface area contributed by atoms with Crippen molar-refractivity contribution >= 4 is 35.4 Å². The molecule has 0 radical (unpaired) electrons. The first kappa shape index (κ1) is 35.9. The zero-order chi connectivity index (χ0) is 34.8. The fourth-order valence-corrected chi connectivity index (χ4v) is 7.04. The number of ketones is 1. The second-order valence-electron chi connectivity index (χ2n) is 15.6. The summed E-state index contributed by atoms with van der Waals surface area (Å²) in [5, 5.41) is 11.4. The maximum Gasteiger partial charge on any atom is 0.315 e. The van der Waals surface area contributed by atoms with Gasteiger partial charge >= 0.3 is 6.03 Å². The monoisotopic (exact) mass is 652 g/mol. The first-order valence-electron chi connectivity index (χ1n) is 16.8. The minimum Gasteiger partial charge on any atom is -0.363 e. The quantitative estimate of drug-likeness (QED) is 0.204. The van der Waals surface area contributed by atoms with Crippen molar-refractivity contribution in [3.05, 3.63) is 35.9 Å². The van der Waals surface area contributed by atoms with E-state index in [1.165, 1.54) is 4.90 Å². The Morgan fingerprint density at radius 1 is 0.979 bits per heavy atom. The van der Waals surface area contributed by atoms with Gasteiger partial charge in [0.1, 0.15) is 12.1 Å².